The van der Waals surface area contributed by atoms with Crippen molar-refractivity contribution in [1.29, 1.82) is 0 Å². The van der Waals surface area contributed by atoms with E-state index in [0.29, 0.717) is 10.0 Å². The Bertz CT molecular complexity index is 1210. The first-order valence-corrected chi connectivity index (χ1v) is 12.9. The molecular formula is C27H32BrCl2N3O. The number of halogens is 3. The van der Waals surface area contributed by atoms with Gasteiger partial charge in [0.2, 0.25) is 0 Å². The molecule has 1 aliphatic rings. The number of fused-ring (bicyclic) bond motifs is 3. The molecule has 4 rings (SSSR count). The summed E-state index contributed by atoms with van der Waals surface area (Å²) in [6.07, 6.45) is 1.75. The molecule has 0 fully saturated rings. The largest absolute Gasteiger partial charge is 0.496 e. The summed E-state index contributed by atoms with van der Waals surface area (Å²) in [5.74, 6) is 0.821. The third-order valence-corrected chi connectivity index (χ3v) is 7.09. The molecule has 1 heterocycles. The van der Waals surface area contributed by atoms with Crippen molar-refractivity contribution in [3.8, 4) is 22.7 Å². The van der Waals surface area contributed by atoms with Crippen molar-refractivity contribution in [2.75, 3.05) is 14.2 Å². The molecule has 0 unspecified atom stereocenters. The molecule has 1 aliphatic carbocycles. The number of hydrogen-bond donors (Lipinski definition) is 0. The molecule has 182 valence electrons. The van der Waals surface area contributed by atoms with Crippen molar-refractivity contribution in [2.45, 2.75) is 53.0 Å². The lowest BCUT2D eigenvalue weighted by atomic mass is 9.88. The molecule has 3 aromatic rings. The Morgan fingerprint density at radius 2 is 1.71 bits per heavy atom. The minimum absolute atomic E-state index is 0.0872. The van der Waals surface area contributed by atoms with E-state index in [1.807, 2.05) is 30.7 Å². The Balaban J connectivity index is 0.00000158. The van der Waals surface area contributed by atoms with Crippen LogP contribution in [0.5, 0.6) is 5.75 Å². The molecule has 7 heteroatoms. The number of benzene rings is 2. The van der Waals surface area contributed by atoms with E-state index in [1.165, 1.54) is 11.1 Å². The Morgan fingerprint density at radius 3 is 2.26 bits per heavy atom. The number of methoxy groups -OCH3 is 1. The van der Waals surface area contributed by atoms with Crippen molar-refractivity contribution in [3.05, 3.63) is 68.2 Å². The molecule has 0 bridgehead atoms. The highest BCUT2D eigenvalue weighted by atomic mass is 79.9. The summed E-state index contributed by atoms with van der Waals surface area (Å²) in [6, 6.07) is 9.70. The first-order valence-electron chi connectivity index (χ1n) is 11.4. The molecule has 0 atom stereocenters. The minimum Gasteiger partial charge on any atom is -0.496 e. The first kappa shape index (κ1) is 26.7. The number of rotatable bonds is 4. The van der Waals surface area contributed by atoms with Gasteiger partial charge in [0.25, 0.3) is 0 Å². The lowest BCUT2D eigenvalue weighted by molar-refractivity contribution is 0.265. The van der Waals surface area contributed by atoms with Gasteiger partial charge in [-0.3, -0.25) is 0 Å². The summed E-state index contributed by atoms with van der Waals surface area (Å²) in [5, 5.41) is 6.19. The van der Waals surface area contributed by atoms with Gasteiger partial charge in [-0.15, -0.1) is 0 Å². The van der Waals surface area contributed by atoms with Crippen LogP contribution in [0.25, 0.3) is 22.6 Å². The fourth-order valence-electron chi connectivity index (χ4n) is 4.05. The van der Waals surface area contributed by atoms with Gasteiger partial charge < -0.3 is 9.64 Å². The van der Waals surface area contributed by atoms with Crippen LogP contribution in [-0.2, 0) is 12.8 Å². The number of aromatic nitrogens is 2. The van der Waals surface area contributed by atoms with Crippen LogP contribution >= 0.6 is 39.1 Å². The number of ether oxygens (including phenoxy) is 1. The van der Waals surface area contributed by atoms with E-state index in [4.69, 9.17) is 33.0 Å². The maximum Gasteiger partial charge on any atom is 0.133 e. The summed E-state index contributed by atoms with van der Waals surface area (Å²) in [6.45, 7) is 14.9. The van der Waals surface area contributed by atoms with E-state index >= 15 is 0 Å². The van der Waals surface area contributed by atoms with Crippen molar-refractivity contribution in [1.82, 2.24) is 14.7 Å². The predicted octanol–water partition coefficient (Wildman–Crippen LogP) is 8.44. The van der Waals surface area contributed by atoms with Crippen LogP contribution in [0.4, 0.5) is 0 Å². The van der Waals surface area contributed by atoms with Crippen molar-refractivity contribution in [2.24, 2.45) is 0 Å². The van der Waals surface area contributed by atoms with Crippen LogP contribution in [0.3, 0.4) is 0 Å². The van der Waals surface area contributed by atoms with Crippen molar-refractivity contribution < 1.29 is 4.74 Å². The molecule has 0 spiro atoms. The number of aryl methyl sites for hydroxylation is 1. The van der Waals surface area contributed by atoms with E-state index in [9.17, 15) is 0 Å². The van der Waals surface area contributed by atoms with Gasteiger partial charge in [-0.1, -0.05) is 43.6 Å². The maximum atomic E-state index is 6.35. The van der Waals surface area contributed by atoms with Gasteiger partial charge in [0, 0.05) is 33.8 Å². The van der Waals surface area contributed by atoms with E-state index < -0.39 is 0 Å². The van der Waals surface area contributed by atoms with Gasteiger partial charge in [0.15, 0.2) is 0 Å². The van der Waals surface area contributed by atoms with Gasteiger partial charge in [-0.05, 0) is 85.4 Å². The summed E-state index contributed by atoms with van der Waals surface area (Å²) >= 11 is 16.4. The van der Waals surface area contributed by atoms with Gasteiger partial charge in [0.1, 0.15) is 11.4 Å². The smallest absolute Gasteiger partial charge is 0.133 e. The van der Waals surface area contributed by atoms with Crippen molar-refractivity contribution >= 4 is 44.8 Å². The Kier molecular flexibility index (Phi) is 8.11. The molecule has 0 amide bonds. The quantitative estimate of drug-likeness (QED) is 0.318. The summed E-state index contributed by atoms with van der Waals surface area (Å²) in [4.78, 5) is 2.17. The Hall–Kier alpha value is -1.95. The highest BCUT2D eigenvalue weighted by Gasteiger charge is 2.31. The third kappa shape index (κ3) is 5.02. The van der Waals surface area contributed by atoms with Crippen LogP contribution in [0, 0.1) is 0 Å². The molecule has 34 heavy (non-hydrogen) atoms. The molecule has 0 aliphatic heterocycles. The fraction of sp³-hybridized carbons (Fsp3) is 0.370. The fourth-order valence-corrected chi connectivity index (χ4v) is 5.07. The normalized spacial score (nSPS) is 12.3. The second-order valence-electron chi connectivity index (χ2n) is 9.04. The highest BCUT2D eigenvalue weighted by Crippen LogP contribution is 2.43. The lowest BCUT2D eigenvalue weighted by Crippen LogP contribution is -2.36. The van der Waals surface area contributed by atoms with Crippen molar-refractivity contribution in [3.63, 3.8) is 0 Å². The number of nitrogens with zero attached hydrogens (tertiary/aromatic N) is 3. The Morgan fingerprint density at radius 1 is 1.09 bits per heavy atom. The van der Waals surface area contributed by atoms with Crippen LogP contribution in [-0.4, -0.2) is 34.4 Å². The lowest BCUT2D eigenvalue weighted by Gasteiger charge is -2.35. The molecule has 0 radical (unpaired) electrons. The summed E-state index contributed by atoms with van der Waals surface area (Å²) < 4.78 is 8.38. The molecule has 4 nitrogen and oxygen atoms in total. The van der Waals surface area contributed by atoms with E-state index in [-0.39, 0.29) is 5.54 Å². The molecular weight excluding hydrogens is 533 g/mol. The highest BCUT2D eigenvalue weighted by molar-refractivity contribution is 9.10. The zero-order valence-electron chi connectivity index (χ0n) is 20.9. The van der Waals surface area contributed by atoms with E-state index in [2.05, 4.69) is 67.4 Å². The topological polar surface area (TPSA) is 30.3 Å². The SMILES string of the molecule is C=C(c1nn(-c2cc(Cl)cc(Cl)c2)c2c1CCc1cc(OC)c(Br)cc1-2)N(C)C(C)(C)C.CC. The minimum atomic E-state index is -0.0872. The second-order valence-corrected chi connectivity index (χ2v) is 10.8. The summed E-state index contributed by atoms with van der Waals surface area (Å²) in [7, 11) is 3.74. The zero-order chi connectivity index (χ0) is 25.4. The average molecular weight is 565 g/mol. The number of hydrogen-bond acceptors (Lipinski definition) is 3. The monoisotopic (exact) mass is 563 g/mol. The van der Waals surface area contributed by atoms with Crippen LogP contribution in [0.15, 0.2) is 41.4 Å². The van der Waals surface area contributed by atoms with Gasteiger partial charge >= 0.3 is 0 Å². The zero-order valence-corrected chi connectivity index (χ0v) is 24.0. The standard InChI is InChI=1S/C25H26BrCl2N3O.C2H6/c1-14(30(5)25(2,3)4)23-19-8-7-15-9-22(32-6)21(26)13-20(15)24(19)31(29-23)18-11-16(27)10-17(28)12-18;1-2/h9-13H,1,7-8H2,2-6H3;1-2H3. The molecule has 0 saturated heterocycles. The molecule has 2 aromatic carbocycles. The van der Waals surface area contributed by atoms with Gasteiger partial charge in [-0.25, -0.2) is 4.68 Å². The Labute approximate surface area is 221 Å². The molecule has 0 N–H and O–H groups in total. The first-order chi connectivity index (χ1) is 16.0. The second kappa shape index (κ2) is 10.3. The van der Waals surface area contributed by atoms with Gasteiger partial charge in [0.05, 0.1) is 28.7 Å². The molecule has 0 saturated carbocycles. The van der Waals surface area contributed by atoms with Crippen LogP contribution in [0.1, 0.15) is 51.4 Å². The summed E-state index contributed by atoms with van der Waals surface area (Å²) in [5.41, 5.74) is 7.04. The molecule has 1 aromatic heterocycles. The maximum absolute atomic E-state index is 6.35. The third-order valence-electron chi connectivity index (χ3n) is 6.04. The van der Waals surface area contributed by atoms with E-state index in [0.717, 1.165) is 51.4 Å². The predicted molar refractivity (Wildman–Crippen MR) is 149 cm³/mol. The van der Waals surface area contributed by atoms with E-state index in [1.54, 1.807) is 13.2 Å². The van der Waals surface area contributed by atoms with Crippen LogP contribution < -0.4 is 4.74 Å². The van der Waals surface area contributed by atoms with Crippen LogP contribution in [0.2, 0.25) is 10.0 Å². The average Bonchev–Trinajstić information content (AvgIpc) is 3.18. The van der Waals surface area contributed by atoms with Gasteiger partial charge in [-0.2, -0.15) is 5.10 Å².